The monoisotopic (exact) mass is 257 g/mol. The van der Waals surface area contributed by atoms with Crippen LogP contribution in [0, 0.1) is 6.92 Å². The second kappa shape index (κ2) is 5.69. The Morgan fingerprint density at radius 2 is 1.79 bits per heavy atom. The van der Waals surface area contributed by atoms with Crippen LogP contribution in [0.25, 0.3) is 0 Å². The lowest BCUT2D eigenvalue weighted by molar-refractivity contribution is 0.456. The summed E-state index contributed by atoms with van der Waals surface area (Å²) in [5.41, 5.74) is 1.97. The second-order valence-electron chi connectivity index (χ2n) is 4.74. The van der Waals surface area contributed by atoms with Crippen LogP contribution < -0.4 is 10.1 Å². The normalized spacial score (nSPS) is 10.6. The van der Waals surface area contributed by atoms with E-state index < -0.39 is 0 Å². The molecule has 0 radical (unpaired) electrons. The highest BCUT2D eigenvalue weighted by molar-refractivity contribution is 5.46. The van der Waals surface area contributed by atoms with Crippen molar-refractivity contribution in [3.8, 4) is 11.6 Å². The maximum Gasteiger partial charge on any atom is 0.222 e. The Bertz CT molecular complexity index is 550. The minimum absolute atomic E-state index is 0.286. The van der Waals surface area contributed by atoms with Crippen LogP contribution in [0.1, 0.15) is 31.3 Å². The molecular weight excluding hydrogens is 238 g/mol. The van der Waals surface area contributed by atoms with E-state index in [0.717, 1.165) is 23.0 Å². The van der Waals surface area contributed by atoms with Crippen molar-refractivity contribution >= 4 is 5.69 Å². The van der Waals surface area contributed by atoms with Crippen LogP contribution in [0.4, 0.5) is 5.69 Å². The maximum atomic E-state index is 5.77. The predicted molar refractivity (Wildman–Crippen MR) is 76.9 cm³/mol. The van der Waals surface area contributed by atoms with Crippen LogP contribution in [0.5, 0.6) is 11.6 Å². The largest absolute Gasteiger partial charge is 0.439 e. The maximum absolute atomic E-state index is 5.77. The van der Waals surface area contributed by atoms with Crippen molar-refractivity contribution in [3.05, 3.63) is 41.9 Å². The lowest BCUT2D eigenvalue weighted by Crippen LogP contribution is -2.01. The number of aryl methyl sites for hydroxylation is 1. The predicted octanol–water partition coefficient (Wildman–Crippen LogP) is 3.74. The number of hydrogen-bond donors (Lipinski definition) is 1. The molecule has 0 spiro atoms. The van der Waals surface area contributed by atoms with E-state index in [0.29, 0.717) is 5.88 Å². The first-order valence-corrected chi connectivity index (χ1v) is 6.39. The first-order chi connectivity index (χ1) is 9.08. The first-order valence-electron chi connectivity index (χ1n) is 6.39. The lowest BCUT2D eigenvalue weighted by Gasteiger charge is -2.10. The number of hydrogen-bond acceptors (Lipinski definition) is 4. The number of nitrogens with zero attached hydrogens (tertiary/aromatic N) is 2. The van der Waals surface area contributed by atoms with Crippen LogP contribution in [-0.4, -0.2) is 17.0 Å². The summed E-state index contributed by atoms with van der Waals surface area (Å²) in [6.45, 7) is 6.09. The van der Waals surface area contributed by atoms with E-state index >= 15 is 0 Å². The van der Waals surface area contributed by atoms with Gasteiger partial charge in [-0.05, 0) is 31.2 Å². The van der Waals surface area contributed by atoms with Crippen molar-refractivity contribution in [1.82, 2.24) is 9.97 Å². The summed E-state index contributed by atoms with van der Waals surface area (Å²) in [4.78, 5) is 8.82. The summed E-state index contributed by atoms with van der Waals surface area (Å²) >= 11 is 0. The van der Waals surface area contributed by atoms with Gasteiger partial charge >= 0.3 is 0 Å². The second-order valence-corrected chi connectivity index (χ2v) is 4.74. The fraction of sp³-hybridized carbons (Fsp3) is 0.333. The van der Waals surface area contributed by atoms with E-state index in [2.05, 4.69) is 29.1 Å². The molecule has 0 aliphatic carbocycles. The molecule has 0 fully saturated rings. The van der Waals surface area contributed by atoms with Gasteiger partial charge in [-0.2, -0.15) is 4.98 Å². The number of aromatic nitrogens is 2. The molecule has 0 atom stereocenters. The molecule has 0 aliphatic heterocycles. The Labute approximate surface area is 113 Å². The van der Waals surface area contributed by atoms with Gasteiger partial charge < -0.3 is 10.1 Å². The number of nitrogens with one attached hydrogen (secondary N) is 1. The molecule has 0 aliphatic rings. The van der Waals surface area contributed by atoms with Gasteiger partial charge in [-0.1, -0.05) is 13.8 Å². The first kappa shape index (κ1) is 13.3. The van der Waals surface area contributed by atoms with Gasteiger partial charge in [0.25, 0.3) is 0 Å². The number of ether oxygens (including phenoxy) is 1. The standard InChI is InChI=1S/C15H19N3O/c1-10(2)15-17-11(3)9-14(18-15)19-13-7-5-12(16-4)6-8-13/h5-10,16H,1-4H3. The van der Waals surface area contributed by atoms with E-state index in [9.17, 15) is 0 Å². The minimum Gasteiger partial charge on any atom is -0.439 e. The fourth-order valence-corrected chi connectivity index (χ4v) is 1.68. The van der Waals surface area contributed by atoms with E-state index in [-0.39, 0.29) is 5.92 Å². The highest BCUT2D eigenvalue weighted by Gasteiger charge is 2.07. The average Bonchev–Trinajstić information content (AvgIpc) is 2.39. The van der Waals surface area contributed by atoms with Gasteiger partial charge in [0, 0.05) is 30.4 Å². The zero-order chi connectivity index (χ0) is 13.8. The van der Waals surface area contributed by atoms with Crippen LogP contribution in [-0.2, 0) is 0 Å². The molecule has 2 aromatic rings. The quantitative estimate of drug-likeness (QED) is 0.906. The smallest absolute Gasteiger partial charge is 0.222 e. The molecule has 4 nitrogen and oxygen atoms in total. The molecule has 0 bridgehead atoms. The molecule has 1 heterocycles. The molecule has 0 amide bonds. The van der Waals surface area contributed by atoms with E-state index in [1.54, 1.807) is 0 Å². The molecular formula is C15H19N3O. The summed E-state index contributed by atoms with van der Waals surface area (Å²) in [5.74, 6) is 2.45. The van der Waals surface area contributed by atoms with Crippen molar-refractivity contribution in [3.63, 3.8) is 0 Å². The molecule has 1 N–H and O–H groups in total. The molecule has 0 saturated carbocycles. The SMILES string of the molecule is CNc1ccc(Oc2cc(C)nc(C(C)C)n2)cc1. The summed E-state index contributed by atoms with van der Waals surface area (Å²) in [5, 5.41) is 3.07. The summed E-state index contributed by atoms with van der Waals surface area (Å²) in [6, 6.07) is 9.61. The van der Waals surface area contributed by atoms with E-state index in [1.165, 1.54) is 0 Å². The van der Waals surface area contributed by atoms with Crippen molar-refractivity contribution < 1.29 is 4.74 Å². The number of benzene rings is 1. The van der Waals surface area contributed by atoms with Gasteiger partial charge in [-0.25, -0.2) is 4.98 Å². The van der Waals surface area contributed by atoms with Crippen LogP contribution in [0.2, 0.25) is 0 Å². The van der Waals surface area contributed by atoms with Gasteiger partial charge in [0.1, 0.15) is 11.6 Å². The zero-order valence-electron chi connectivity index (χ0n) is 11.8. The Morgan fingerprint density at radius 1 is 1.11 bits per heavy atom. The third-order valence-electron chi connectivity index (χ3n) is 2.73. The van der Waals surface area contributed by atoms with Crippen molar-refractivity contribution in [2.24, 2.45) is 0 Å². The van der Waals surface area contributed by atoms with Crippen LogP contribution in [0.15, 0.2) is 30.3 Å². The van der Waals surface area contributed by atoms with Crippen molar-refractivity contribution in [1.29, 1.82) is 0 Å². The molecule has 4 heteroatoms. The third kappa shape index (κ3) is 3.44. The Morgan fingerprint density at radius 3 is 2.37 bits per heavy atom. The molecule has 0 unspecified atom stereocenters. The summed E-state index contributed by atoms with van der Waals surface area (Å²) < 4.78 is 5.77. The van der Waals surface area contributed by atoms with E-state index in [1.807, 2.05) is 44.3 Å². The molecule has 2 rings (SSSR count). The van der Waals surface area contributed by atoms with Crippen LogP contribution >= 0.6 is 0 Å². The average molecular weight is 257 g/mol. The lowest BCUT2D eigenvalue weighted by atomic mass is 10.2. The van der Waals surface area contributed by atoms with Gasteiger partial charge in [-0.3, -0.25) is 0 Å². The zero-order valence-corrected chi connectivity index (χ0v) is 11.8. The highest BCUT2D eigenvalue weighted by atomic mass is 16.5. The highest BCUT2D eigenvalue weighted by Crippen LogP contribution is 2.23. The number of rotatable bonds is 4. The molecule has 100 valence electrons. The summed E-state index contributed by atoms with van der Waals surface area (Å²) in [6.07, 6.45) is 0. The van der Waals surface area contributed by atoms with Gasteiger partial charge in [0.05, 0.1) is 0 Å². The Kier molecular flexibility index (Phi) is 4.00. The summed E-state index contributed by atoms with van der Waals surface area (Å²) in [7, 11) is 1.89. The number of anilines is 1. The van der Waals surface area contributed by atoms with Gasteiger partial charge in [0.15, 0.2) is 0 Å². The third-order valence-corrected chi connectivity index (χ3v) is 2.73. The molecule has 1 aromatic heterocycles. The van der Waals surface area contributed by atoms with Gasteiger partial charge in [-0.15, -0.1) is 0 Å². The fourth-order valence-electron chi connectivity index (χ4n) is 1.68. The molecule has 19 heavy (non-hydrogen) atoms. The molecule has 0 saturated heterocycles. The van der Waals surface area contributed by atoms with Crippen molar-refractivity contribution in [2.45, 2.75) is 26.7 Å². The van der Waals surface area contributed by atoms with Gasteiger partial charge in [0.2, 0.25) is 5.88 Å². The Hall–Kier alpha value is -2.10. The van der Waals surface area contributed by atoms with E-state index in [4.69, 9.17) is 4.74 Å². The molecule has 1 aromatic carbocycles. The Balaban J connectivity index is 2.22. The van der Waals surface area contributed by atoms with Crippen molar-refractivity contribution in [2.75, 3.05) is 12.4 Å². The topological polar surface area (TPSA) is 47.0 Å². The minimum atomic E-state index is 0.286. The van der Waals surface area contributed by atoms with Crippen LogP contribution in [0.3, 0.4) is 0 Å².